The lowest BCUT2D eigenvalue weighted by Crippen LogP contribution is -2.51. The third-order valence-corrected chi connectivity index (χ3v) is 4.66. The quantitative estimate of drug-likeness (QED) is 0.804. The van der Waals surface area contributed by atoms with E-state index in [2.05, 4.69) is 4.90 Å². The zero-order valence-electron chi connectivity index (χ0n) is 11.0. The molecule has 0 bridgehead atoms. The molecule has 1 aliphatic carbocycles. The second-order valence-corrected chi connectivity index (χ2v) is 5.90. The van der Waals surface area contributed by atoms with Gasteiger partial charge in [-0.3, -0.25) is 4.79 Å². The van der Waals surface area contributed by atoms with Crippen molar-refractivity contribution in [3.63, 3.8) is 0 Å². The van der Waals surface area contributed by atoms with Crippen molar-refractivity contribution in [1.29, 1.82) is 0 Å². The second kappa shape index (κ2) is 4.53. The predicted molar refractivity (Wildman–Crippen MR) is 71.2 cm³/mol. The molecule has 4 nitrogen and oxygen atoms in total. The number of likely N-dealkylation sites (tertiary alicyclic amines) is 1. The number of hydrogen-bond donors (Lipinski definition) is 2. The van der Waals surface area contributed by atoms with Gasteiger partial charge in [-0.05, 0) is 55.5 Å². The Labute approximate surface area is 112 Å². The fraction of sp³-hybridized carbons (Fsp3) is 0.533. The molecule has 3 unspecified atom stereocenters. The third kappa shape index (κ3) is 2.21. The Morgan fingerprint density at radius 1 is 1.32 bits per heavy atom. The molecule has 102 valence electrons. The fourth-order valence-electron chi connectivity index (χ4n) is 3.67. The van der Waals surface area contributed by atoms with Crippen LogP contribution >= 0.6 is 0 Å². The fourth-order valence-corrected chi connectivity index (χ4v) is 3.67. The highest BCUT2D eigenvalue weighted by Crippen LogP contribution is 2.37. The summed E-state index contributed by atoms with van der Waals surface area (Å²) < 4.78 is 0. The number of carbonyl (C=O) groups is 1. The van der Waals surface area contributed by atoms with E-state index in [4.69, 9.17) is 0 Å². The first kappa shape index (κ1) is 12.5. The van der Waals surface area contributed by atoms with Crippen molar-refractivity contribution in [2.24, 2.45) is 11.8 Å². The monoisotopic (exact) mass is 261 g/mol. The van der Waals surface area contributed by atoms with E-state index in [1.807, 2.05) is 19.2 Å². The van der Waals surface area contributed by atoms with E-state index in [9.17, 15) is 15.0 Å². The van der Waals surface area contributed by atoms with Gasteiger partial charge >= 0.3 is 5.97 Å². The Bertz CT molecular complexity index is 514. The van der Waals surface area contributed by atoms with E-state index >= 15 is 0 Å². The number of likely N-dealkylation sites (N-methyl/N-ethyl adjacent to an activating group) is 1. The number of hydrogen-bond acceptors (Lipinski definition) is 3. The van der Waals surface area contributed by atoms with Crippen LogP contribution in [0.15, 0.2) is 18.2 Å². The van der Waals surface area contributed by atoms with Crippen LogP contribution in [0.2, 0.25) is 0 Å². The minimum absolute atomic E-state index is 0.259. The van der Waals surface area contributed by atoms with E-state index in [0.29, 0.717) is 24.3 Å². The maximum Gasteiger partial charge on any atom is 0.307 e. The summed E-state index contributed by atoms with van der Waals surface area (Å²) >= 11 is 0. The minimum atomic E-state index is -0.688. The highest BCUT2D eigenvalue weighted by Gasteiger charge is 2.39. The number of carboxylic acid groups (broad SMARTS) is 1. The van der Waals surface area contributed by atoms with Gasteiger partial charge in [-0.2, -0.15) is 0 Å². The number of carboxylic acids is 1. The molecule has 0 aromatic heterocycles. The van der Waals surface area contributed by atoms with E-state index in [0.717, 1.165) is 19.3 Å². The van der Waals surface area contributed by atoms with Crippen molar-refractivity contribution in [2.75, 3.05) is 13.6 Å². The largest absolute Gasteiger partial charge is 0.508 e. The van der Waals surface area contributed by atoms with Crippen LogP contribution in [0.3, 0.4) is 0 Å². The van der Waals surface area contributed by atoms with Crippen LogP contribution in [0.4, 0.5) is 0 Å². The molecular weight excluding hydrogens is 242 g/mol. The number of rotatable bonds is 1. The Morgan fingerprint density at radius 3 is 2.84 bits per heavy atom. The van der Waals surface area contributed by atoms with Gasteiger partial charge in [0.2, 0.25) is 0 Å². The standard InChI is InChI=1S/C15H19NO3/c1-16-8-12(15(18)19)5-11-4-10-6-13(17)3-2-9(10)7-14(11)16/h2-3,6,11-12,14,17H,4-5,7-8H2,1H3,(H,18,19). The molecule has 4 heteroatoms. The first-order valence-electron chi connectivity index (χ1n) is 6.78. The molecule has 0 radical (unpaired) electrons. The van der Waals surface area contributed by atoms with Crippen molar-refractivity contribution in [1.82, 2.24) is 4.90 Å². The van der Waals surface area contributed by atoms with Crippen LogP contribution in [-0.2, 0) is 17.6 Å². The molecule has 1 fully saturated rings. The topological polar surface area (TPSA) is 60.8 Å². The summed E-state index contributed by atoms with van der Waals surface area (Å²) in [5.41, 5.74) is 2.47. The highest BCUT2D eigenvalue weighted by molar-refractivity contribution is 5.70. The average molecular weight is 261 g/mol. The maximum absolute atomic E-state index is 11.2. The summed E-state index contributed by atoms with van der Waals surface area (Å²) in [5.74, 6) is -0.262. The Kier molecular flexibility index (Phi) is 2.97. The molecule has 2 N–H and O–H groups in total. The van der Waals surface area contributed by atoms with E-state index < -0.39 is 5.97 Å². The lowest BCUT2D eigenvalue weighted by Gasteiger charge is -2.45. The van der Waals surface area contributed by atoms with E-state index in [1.54, 1.807) is 6.07 Å². The number of phenols is 1. The van der Waals surface area contributed by atoms with Crippen molar-refractivity contribution in [3.05, 3.63) is 29.3 Å². The summed E-state index contributed by atoms with van der Waals surface area (Å²) in [4.78, 5) is 13.4. The first-order valence-corrected chi connectivity index (χ1v) is 6.78. The molecule has 1 aliphatic heterocycles. The number of piperidine rings is 1. The number of nitrogens with zero attached hydrogens (tertiary/aromatic N) is 1. The minimum Gasteiger partial charge on any atom is -0.508 e. The van der Waals surface area contributed by atoms with Gasteiger partial charge in [-0.15, -0.1) is 0 Å². The number of aromatic hydroxyl groups is 1. The summed E-state index contributed by atoms with van der Waals surface area (Å²) in [6, 6.07) is 6.00. The molecule has 2 aliphatic rings. The molecule has 0 saturated carbocycles. The summed E-state index contributed by atoms with van der Waals surface area (Å²) in [6.45, 7) is 0.643. The lowest BCUT2D eigenvalue weighted by molar-refractivity contribution is -0.145. The molecule has 3 atom stereocenters. The summed E-state index contributed by atoms with van der Waals surface area (Å²) in [7, 11) is 2.03. The van der Waals surface area contributed by atoms with Crippen molar-refractivity contribution in [3.8, 4) is 5.75 Å². The third-order valence-electron chi connectivity index (χ3n) is 4.66. The molecule has 0 spiro atoms. The molecule has 19 heavy (non-hydrogen) atoms. The van der Waals surface area contributed by atoms with E-state index in [1.165, 1.54) is 11.1 Å². The number of aliphatic carboxylic acids is 1. The number of benzene rings is 1. The first-order chi connectivity index (χ1) is 9.04. The normalized spacial score (nSPS) is 30.5. The Balaban J connectivity index is 1.87. The van der Waals surface area contributed by atoms with Crippen LogP contribution in [0.1, 0.15) is 17.5 Å². The average Bonchev–Trinajstić information content (AvgIpc) is 2.36. The molecule has 3 rings (SSSR count). The summed E-state index contributed by atoms with van der Waals surface area (Å²) in [6.07, 6.45) is 2.59. The van der Waals surface area contributed by atoms with Crippen LogP contribution in [0.5, 0.6) is 5.75 Å². The molecule has 0 amide bonds. The van der Waals surface area contributed by atoms with Crippen molar-refractivity contribution >= 4 is 5.97 Å². The zero-order chi connectivity index (χ0) is 13.6. The van der Waals surface area contributed by atoms with Crippen LogP contribution in [-0.4, -0.2) is 40.7 Å². The van der Waals surface area contributed by atoms with Gasteiger partial charge in [0.25, 0.3) is 0 Å². The van der Waals surface area contributed by atoms with Crippen LogP contribution < -0.4 is 0 Å². The van der Waals surface area contributed by atoms with Gasteiger partial charge in [-0.25, -0.2) is 0 Å². The predicted octanol–water partition coefficient (Wildman–Crippen LogP) is 1.51. The van der Waals surface area contributed by atoms with Gasteiger partial charge in [0, 0.05) is 12.6 Å². The van der Waals surface area contributed by atoms with Gasteiger partial charge in [0.15, 0.2) is 0 Å². The summed E-state index contributed by atoms with van der Waals surface area (Å²) in [5, 5.41) is 18.8. The highest BCUT2D eigenvalue weighted by atomic mass is 16.4. The van der Waals surface area contributed by atoms with Crippen LogP contribution in [0.25, 0.3) is 0 Å². The molecule has 1 heterocycles. The van der Waals surface area contributed by atoms with E-state index in [-0.39, 0.29) is 5.92 Å². The molecule has 1 saturated heterocycles. The number of fused-ring (bicyclic) bond motifs is 2. The smallest absolute Gasteiger partial charge is 0.307 e. The second-order valence-electron chi connectivity index (χ2n) is 5.90. The number of phenolic OH excluding ortho intramolecular Hbond substituents is 1. The molecule has 1 aromatic carbocycles. The SMILES string of the molecule is CN1CC(C(=O)O)CC2Cc3cc(O)ccc3CC21. The lowest BCUT2D eigenvalue weighted by atomic mass is 9.73. The zero-order valence-corrected chi connectivity index (χ0v) is 11.0. The molecule has 1 aromatic rings. The van der Waals surface area contributed by atoms with Gasteiger partial charge in [-0.1, -0.05) is 6.07 Å². The van der Waals surface area contributed by atoms with Gasteiger partial charge in [0.1, 0.15) is 5.75 Å². The van der Waals surface area contributed by atoms with Crippen LogP contribution in [0, 0.1) is 11.8 Å². The van der Waals surface area contributed by atoms with Crippen molar-refractivity contribution < 1.29 is 15.0 Å². The van der Waals surface area contributed by atoms with Gasteiger partial charge in [0.05, 0.1) is 5.92 Å². The Hall–Kier alpha value is -1.55. The van der Waals surface area contributed by atoms with Gasteiger partial charge < -0.3 is 15.1 Å². The molecular formula is C15H19NO3. The van der Waals surface area contributed by atoms with Crippen molar-refractivity contribution in [2.45, 2.75) is 25.3 Å². The maximum atomic E-state index is 11.2. The Morgan fingerprint density at radius 2 is 2.11 bits per heavy atom.